The van der Waals surface area contributed by atoms with Crippen molar-refractivity contribution >= 4 is 11.0 Å². The fourth-order valence-corrected chi connectivity index (χ4v) is 2.29. The lowest BCUT2D eigenvalue weighted by molar-refractivity contribution is 0.621. The van der Waals surface area contributed by atoms with Crippen LogP contribution < -0.4 is 4.72 Å². The van der Waals surface area contributed by atoms with E-state index in [-0.39, 0.29) is 10.8 Å². The molecule has 0 amide bonds. The summed E-state index contributed by atoms with van der Waals surface area (Å²) in [6, 6.07) is 9.91. The largest absolute Gasteiger partial charge is 0.242 e. The standard InChI is InChI=1S/C14H21NOS/c1-11(2)13(12-9-7-6-8-10-12)15-17(16)14(3,4)5/h6-10,13,15H,1H2,2-5H3/t13-,17?/m0/s1. The van der Waals surface area contributed by atoms with Crippen LogP contribution >= 0.6 is 0 Å². The van der Waals surface area contributed by atoms with E-state index in [1.54, 1.807) is 0 Å². The Balaban J connectivity index is 2.90. The van der Waals surface area contributed by atoms with Gasteiger partial charge in [-0.05, 0) is 33.3 Å². The molecule has 17 heavy (non-hydrogen) atoms. The van der Waals surface area contributed by atoms with Gasteiger partial charge in [-0.2, -0.15) is 0 Å². The van der Waals surface area contributed by atoms with E-state index in [9.17, 15) is 4.21 Å². The summed E-state index contributed by atoms with van der Waals surface area (Å²) < 4.78 is 15.0. The van der Waals surface area contributed by atoms with Gasteiger partial charge in [0.2, 0.25) is 0 Å². The Morgan fingerprint density at radius 1 is 1.29 bits per heavy atom. The van der Waals surface area contributed by atoms with Crippen molar-refractivity contribution in [2.45, 2.75) is 38.5 Å². The van der Waals surface area contributed by atoms with Gasteiger partial charge in [-0.25, -0.2) is 8.93 Å². The Kier molecular flexibility index (Phi) is 4.66. The molecule has 0 aliphatic heterocycles. The minimum Gasteiger partial charge on any atom is -0.242 e. The minimum absolute atomic E-state index is 0.0590. The van der Waals surface area contributed by atoms with Crippen LogP contribution in [0.25, 0.3) is 0 Å². The Hall–Kier alpha value is -0.930. The lowest BCUT2D eigenvalue weighted by atomic mass is 10.0. The van der Waals surface area contributed by atoms with Crippen molar-refractivity contribution in [2.24, 2.45) is 0 Å². The molecule has 1 N–H and O–H groups in total. The first-order chi connectivity index (χ1) is 7.82. The quantitative estimate of drug-likeness (QED) is 0.817. The molecule has 2 atom stereocenters. The molecular weight excluding hydrogens is 230 g/mol. The molecule has 3 heteroatoms. The summed E-state index contributed by atoms with van der Waals surface area (Å²) in [4.78, 5) is 0. The third-order valence-corrected chi connectivity index (χ3v) is 3.97. The molecule has 2 nitrogen and oxygen atoms in total. The zero-order chi connectivity index (χ0) is 13.1. The Labute approximate surface area is 107 Å². The van der Waals surface area contributed by atoms with Crippen LogP contribution in [0.2, 0.25) is 0 Å². The second-order valence-corrected chi connectivity index (χ2v) is 7.19. The van der Waals surface area contributed by atoms with E-state index in [0.29, 0.717) is 0 Å². The van der Waals surface area contributed by atoms with E-state index in [0.717, 1.165) is 11.1 Å². The molecule has 1 aromatic rings. The van der Waals surface area contributed by atoms with Crippen molar-refractivity contribution in [1.82, 2.24) is 4.72 Å². The molecule has 1 unspecified atom stereocenters. The number of hydrogen-bond acceptors (Lipinski definition) is 1. The van der Waals surface area contributed by atoms with Gasteiger partial charge in [0.15, 0.2) is 0 Å². The molecule has 0 saturated heterocycles. The van der Waals surface area contributed by atoms with Gasteiger partial charge in [-0.1, -0.05) is 42.5 Å². The molecular formula is C14H21NOS. The van der Waals surface area contributed by atoms with Crippen LogP contribution in [-0.2, 0) is 11.0 Å². The fourth-order valence-electron chi connectivity index (χ4n) is 1.38. The summed E-state index contributed by atoms with van der Waals surface area (Å²) in [5.74, 6) is 0. The normalized spacial score (nSPS) is 15.3. The summed E-state index contributed by atoms with van der Waals surface area (Å²) in [6.07, 6.45) is 0. The molecule has 0 spiro atoms. The predicted molar refractivity (Wildman–Crippen MR) is 75.0 cm³/mol. The van der Waals surface area contributed by atoms with Gasteiger partial charge in [0.1, 0.15) is 0 Å². The minimum atomic E-state index is -1.10. The second-order valence-electron chi connectivity index (χ2n) is 5.19. The zero-order valence-corrected chi connectivity index (χ0v) is 11.8. The highest BCUT2D eigenvalue weighted by Gasteiger charge is 2.23. The highest BCUT2D eigenvalue weighted by molar-refractivity contribution is 7.84. The first-order valence-corrected chi connectivity index (χ1v) is 6.86. The molecule has 0 bridgehead atoms. The smallest absolute Gasteiger partial charge is 0.0978 e. The second kappa shape index (κ2) is 5.61. The van der Waals surface area contributed by atoms with Gasteiger partial charge in [-0.3, -0.25) is 0 Å². The van der Waals surface area contributed by atoms with Gasteiger partial charge < -0.3 is 0 Å². The molecule has 0 saturated carbocycles. The van der Waals surface area contributed by atoms with Gasteiger partial charge in [0.25, 0.3) is 0 Å². The van der Waals surface area contributed by atoms with Crippen LogP contribution in [0.5, 0.6) is 0 Å². The van der Waals surface area contributed by atoms with Gasteiger partial charge in [0.05, 0.1) is 21.8 Å². The summed E-state index contributed by atoms with van der Waals surface area (Å²) in [7, 11) is -1.10. The van der Waals surface area contributed by atoms with E-state index >= 15 is 0 Å². The summed E-state index contributed by atoms with van der Waals surface area (Å²) in [5, 5.41) is 0. The molecule has 0 radical (unpaired) electrons. The summed E-state index contributed by atoms with van der Waals surface area (Å²) in [6.45, 7) is 11.8. The number of rotatable bonds is 4. The van der Waals surface area contributed by atoms with E-state index in [1.807, 2.05) is 58.0 Å². The zero-order valence-electron chi connectivity index (χ0n) is 11.0. The third-order valence-electron chi connectivity index (χ3n) is 2.41. The Morgan fingerprint density at radius 2 is 1.82 bits per heavy atom. The van der Waals surface area contributed by atoms with Crippen molar-refractivity contribution in [3.63, 3.8) is 0 Å². The maximum absolute atomic E-state index is 12.1. The van der Waals surface area contributed by atoms with Crippen molar-refractivity contribution in [1.29, 1.82) is 0 Å². The van der Waals surface area contributed by atoms with E-state index < -0.39 is 11.0 Å². The molecule has 0 aliphatic rings. The lowest BCUT2D eigenvalue weighted by Crippen LogP contribution is -2.36. The average molecular weight is 251 g/mol. The van der Waals surface area contributed by atoms with Gasteiger partial charge in [-0.15, -0.1) is 0 Å². The van der Waals surface area contributed by atoms with Gasteiger partial charge in [0, 0.05) is 0 Å². The number of nitrogens with one attached hydrogen (secondary N) is 1. The summed E-state index contributed by atoms with van der Waals surface area (Å²) >= 11 is 0. The highest BCUT2D eigenvalue weighted by atomic mass is 32.2. The SMILES string of the molecule is C=C(C)[C@H](NS(=O)C(C)(C)C)c1ccccc1. The van der Waals surface area contributed by atoms with Crippen LogP contribution in [0, 0.1) is 0 Å². The van der Waals surface area contributed by atoms with Crippen LogP contribution in [0.1, 0.15) is 39.3 Å². The molecule has 1 rings (SSSR count). The first kappa shape index (κ1) is 14.1. The maximum Gasteiger partial charge on any atom is 0.0978 e. The highest BCUT2D eigenvalue weighted by Crippen LogP contribution is 2.22. The van der Waals surface area contributed by atoms with E-state index in [4.69, 9.17) is 0 Å². The van der Waals surface area contributed by atoms with Gasteiger partial charge >= 0.3 is 0 Å². The lowest BCUT2D eigenvalue weighted by Gasteiger charge is -2.24. The van der Waals surface area contributed by atoms with E-state index in [1.165, 1.54) is 0 Å². The fraction of sp³-hybridized carbons (Fsp3) is 0.429. The predicted octanol–water partition coefficient (Wildman–Crippen LogP) is 3.36. The van der Waals surface area contributed by atoms with Crippen LogP contribution in [0.4, 0.5) is 0 Å². The van der Waals surface area contributed by atoms with Crippen molar-refractivity contribution in [3.05, 3.63) is 48.0 Å². The topological polar surface area (TPSA) is 29.1 Å². The third kappa shape index (κ3) is 4.10. The van der Waals surface area contributed by atoms with Crippen LogP contribution in [0.15, 0.2) is 42.5 Å². The van der Waals surface area contributed by atoms with Crippen molar-refractivity contribution in [3.8, 4) is 0 Å². The molecule has 0 heterocycles. The molecule has 0 fully saturated rings. The van der Waals surface area contributed by atoms with Crippen molar-refractivity contribution in [2.75, 3.05) is 0 Å². The average Bonchev–Trinajstić information content (AvgIpc) is 2.25. The molecule has 0 aromatic heterocycles. The number of benzene rings is 1. The maximum atomic E-state index is 12.1. The van der Waals surface area contributed by atoms with Crippen LogP contribution in [0.3, 0.4) is 0 Å². The van der Waals surface area contributed by atoms with Crippen molar-refractivity contribution < 1.29 is 4.21 Å². The van der Waals surface area contributed by atoms with Crippen LogP contribution in [-0.4, -0.2) is 8.96 Å². The van der Waals surface area contributed by atoms with E-state index in [2.05, 4.69) is 11.3 Å². The number of hydrogen-bond donors (Lipinski definition) is 1. The Morgan fingerprint density at radius 3 is 2.24 bits per heavy atom. The molecule has 1 aromatic carbocycles. The molecule has 94 valence electrons. The Bertz CT molecular complexity index is 406. The first-order valence-electron chi connectivity index (χ1n) is 5.71. The summed E-state index contributed by atoms with van der Waals surface area (Å²) in [5.41, 5.74) is 2.06. The molecule has 0 aliphatic carbocycles. The monoisotopic (exact) mass is 251 g/mol.